The van der Waals surface area contributed by atoms with Crippen LogP contribution in [-0.2, 0) is 4.74 Å². The Labute approximate surface area is 74.8 Å². The normalized spacial score (nSPS) is 13.4. The highest BCUT2D eigenvalue weighted by atomic mass is 19.4. The van der Waals surface area contributed by atoms with E-state index in [0.29, 0.717) is 6.54 Å². The van der Waals surface area contributed by atoms with Crippen molar-refractivity contribution in [2.45, 2.75) is 19.5 Å². The molecule has 3 nitrogen and oxygen atoms in total. The van der Waals surface area contributed by atoms with Crippen LogP contribution in [-0.4, -0.2) is 31.8 Å². The second kappa shape index (κ2) is 5.80. The molecule has 0 bridgehead atoms. The highest BCUT2D eigenvalue weighted by molar-refractivity contribution is 5.81. The molecule has 0 atom stereocenters. The van der Waals surface area contributed by atoms with Crippen LogP contribution >= 0.6 is 0 Å². The first kappa shape index (κ1) is 12.2. The van der Waals surface area contributed by atoms with Crippen LogP contribution in [0.2, 0.25) is 0 Å². The summed E-state index contributed by atoms with van der Waals surface area (Å²) in [6.07, 6.45) is -3.50. The van der Waals surface area contributed by atoms with Gasteiger partial charge in [0.25, 0.3) is 0 Å². The largest absolute Gasteiger partial charge is 0.411 e. The molecular formula is C7H13F3N2O. The number of halogens is 3. The average molecular weight is 198 g/mol. The fourth-order valence-corrected chi connectivity index (χ4v) is 0.572. The molecule has 0 aromatic rings. The molecule has 0 radical (unpaired) electrons. The van der Waals surface area contributed by atoms with Gasteiger partial charge in [-0.3, -0.25) is 4.99 Å². The summed E-state index contributed by atoms with van der Waals surface area (Å²) in [6, 6.07) is 0. The molecule has 0 saturated heterocycles. The molecule has 0 aromatic carbocycles. The van der Waals surface area contributed by atoms with Gasteiger partial charge in [-0.1, -0.05) is 6.92 Å². The Kier molecular flexibility index (Phi) is 5.45. The summed E-state index contributed by atoms with van der Waals surface area (Å²) in [5, 5.41) is 0. The molecule has 2 N–H and O–H groups in total. The van der Waals surface area contributed by atoms with E-state index in [-0.39, 0.29) is 12.4 Å². The van der Waals surface area contributed by atoms with Crippen LogP contribution in [0.3, 0.4) is 0 Å². The number of ether oxygens (including phenoxy) is 1. The fourth-order valence-electron chi connectivity index (χ4n) is 0.572. The lowest BCUT2D eigenvalue weighted by Gasteiger charge is -2.06. The van der Waals surface area contributed by atoms with Crippen molar-refractivity contribution in [3.8, 4) is 0 Å². The van der Waals surface area contributed by atoms with Crippen molar-refractivity contribution in [1.29, 1.82) is 0 Å². The molecule has 78 valence electrons. The number of amidine groups is 1. The standard InChI is InChI=1S/C7H13F3N2O/c1-2-3-12-6(11)4-13-5-7(8,9)10/h2-5H2,1H3,(H2,11,12). The van der Waals surface area contributed by atoms with E-state index in [4.69, 9.17) is 5.73 Å². The minimum absolute atomic E-state index is 0.103. The van der Waals surface area contributed by atoms with Gasteiger partial charge in [-0.05, 0) is 6.42 Å². The quantitative estimate of drug-likeness (QED) is 0.535. The first-order valence-electron chi connectivity index (χ1n) is 3.89. The summed E-state index contributed by atoms with van der Waals surface area (Å²) in [4.78, 5) is 3.76. The molecule has 0 rings (SSSR count). The molecule has 0 fully saturated rings. The van der Waals surface area contributed by atoms with Gasteiger partial charge in [0.1, 0.15) is 19.0 Å². The van der Waals surface area contributed by atoms with Crippen molar-refractivity contribution in [3.05, 3.63) is 0 Å². The maximum absolute atomic E-state index is 11.6. The van der Waals surface area contributed by atoms with E-state index in [1.807, 2.05) is 6.92 Å². The second-order valence-corrected chi connectivity index (χ2v) is 2.48. The van der Waals surface area contributed by atoms with Crippen LogP contribution in [0.1, 0.15) is 13.3 Å². The van der Waals surface area contributed by atoms with Crippen LogP contribution in [0.4, 0.5) is 13.2 Å². The van der Waals surface area contributed by atoms with Crippen molar-refractivity contribution in [2.75, 3.05) is 19.8 Å². The number of hydrogen-bond donors (Lipinski definition) is 1. The topological polar surface area (TPSA) is 47.6 Å². The van der Waals surface area contributed by atoms with E-state index in [0.717, 1.165) is 6.42 Å². The lowest BCUT2D eigenvalue weighted by molar-refractivity contribution is -0.170. The Bertz CT molecular complexity index is 168. The molecular weight excluding hydrogens is 185 g/mol. The SMILES string of the molecule is CCCN=C(N)COCC(F)(F)F. The summed E-state index contributed by atoms with van der Waals surface area (Å²) in [6.45, 7) is 0.865. The smallest absolute Gasteiger partial charge is 0.386 e. The Morgan fingerprint density at radius 2 is 2.08 bits per heavy atom. The van der Waals surface area contributed by atoms with Gasteiger partial charge in [0.2, 0.25) is 0 Å². The summed E-state index contributed by atoms with van der Waals surface area (Å²) in [7, 11) is 0. The first-order chi connectivity index (χ1) is 5.95. The number of aliphatic imine (C=N–C) groups is 1. The van der Waals surface area contributed by atoms with E-state index in [1.165, 1.54) is 0 Å². The monoisotopic (exact) mass is 198 g/mol. The molecule has 0 heterocycles. The zero-order valence-corrected chi connectivity index (χ0v) is 7.40. The molecule has 0 aromatic heterocycles. The Hall–Kier alpha value is -0.780. The van der Waals surface area contributed by atoms with Crippen LogP contribution in [0, 0.1) is 0 Å². The fraction of sp³-hybridized carbons (Fsp3) is 0.857. The summed E-state index contributed by atoms with van der Waals surface area (Å²) < 4.78 is 38.9. The van der Waals surface area contributed by atoms with E-state index >= 15 is 0 Å². The lowest BCUT2D eigenvalue weighted by Crippen LogP contribution is -2.24. The third kappa shape index (κ3) is 9.13. The molecule has 13 heavy (non-hydrogen) atoms. The predicted octanol–water partition coefficient (Wildman–Crippen LogP) is 1.33. The number of rotatable bonds is 5. The third-order valence-corrected chi connectivity index (χ3v) is 1.05. The molecule has 0 unspecified atom stereocenters. The van der Waals surface area contributed by atoms with Gasteiger partial charge in [-0.15, -0.1) is 0 Å². The van der Waals surface area contributed by atoms with Crippen LogP contribution < -0.4 is 5.73 Å². The summed E-state index contributed by atoms with van der Waals surface area (Å²) in [5.41, 5.74) is 5.25. The summed E-state index contributed by atoms with van der Waals surface area (Å²) >= 11 is 0. The highest BCUT2D eigenvalue weighted by Crippen LogP contribution is 2.13. The number of nitrogens with two attached hydrogens (primary N) is 1. The van der Waals surface area contributed by atoms with Crippen molar-refractivity contribution < 1.29 is 17.9 Å². The first-order valence-corrected chi connectivity index (χ1v) is 3.89. The van der Waals surface area contributed by atoms with Gasteiger partial charge in [0, 0.05) is 6.54 Å². The van der Waals surface area contributed by atoms with Gasteiger partial charge >= 0.3 is 6.18 Å². The van der Waals surface area contributed by atoms with Crippen LogP contribution in [0.15, 0.2) is 4.99 Å². The highest BCUT2D eigenvalue weighted by Gasteiger charge is 2.27. The third-order valence-electron chi connectivity index (χ3n) is 1.05. The minimum atomic E-state index is -4.30. The molecule has 0 aliphatic carbocycles. The molecule has 6 heteroatoms. The van der Waals surface area contributed by atoms with Crippen molar-refractivity contribution in [3.63, 3.8) is 0 Å². The second-order valence-electron chi connectivity index (χ2n) is 2.48. The number of alkyl halides is 3. The Morgan fingerprint density at radius 1 is 1.46 bits per heavy atom. The Morgan fingerprint density at radius 3 is 2.54 bits per heavy atom. The van der Waals surface area contributed by atoms with E-state index in [9.17, 15) is 13.2 Å². The van der Waals surface area contributed by atoms with E-state index in [1.54, 1.807) is 0 Å². The van der Waals surface area contributed by atoms with Gasteiger partial charge in [-0.2, -0.15) is 13.2 Å². The maximum Gasteiger partial charge on any atom is 0.411 e. The molecule has 0 spiro atoms. The number of hydrogen-bond acceptors (Lipinski definition) is 2. The molecule has 0 amide bonds. The molecule has 0 aliphatic heterocycles. The Balaban J connectivity index is 3.53. The van der Waals surface area contributed by atoms with Crippen molar-refractivity contribution in [2.24, 2.45) is 10.7 Å². The summed E-state index contributed by atoms with van der Waals surface area (Å²) in [5.74, 6) is 0.103. The van der Waals surface area contributed by atoms with Gasteiger partial charge in [0.15, 0.2) is 0 Å². The zero-order valence-electron chi connectivity index (χ0n) is 7.40. The molecule has 0 aliphatic rings. The van der Waals surface area contributed by atoms with Crippen molar-refractivity contribution >= 4 is 5.84 Å². The molecule has 0 saturated carbocycles. The lowest BCUT2D eigenvalue weighted by atomic mass is 10.5. The minimum Gasteiger partial charge on any atom is -0.386 e. The maximum atomic E-state index is 11.6. The average Bonchev–Trinajstić information content (AvgIpc) is 1.98. The van der Waals surface area contributed by atoms with Gasteiger partial charge in [-0.25, -0.2) is 0 Å². The predicted molar refractivity (Wildman–Crippen MR) is 43.7 cm³/mol. The number of nitrogens with zero attached hydrogens (tertiary/aromatic N) is 1. The van der Waals surface area contributed by atoms with Crippen molar-refractivity contribution in [1.82, 2.24) is 0 Å². The zero-order chi connectivity index (χ0) is 10.3. The van der Waals surface area contributed by atoms with Gasteiger partial charge in [0.05, 0.1) is 0 Å². The van der Waals surface area contributed by atoms with Crippen LogP contribution in [0.5, 0.6) is 0 Å². The van der Waals surface area contributed by atoms with Gasteiger partial charge < -0.3 is 10.5 Å². The van der Waals surface area contributed by atoms with E-state index < -0.39 is 12.8 Å². The van der Waals surface area contributed by atoms with E-state index in [2.05, 4.69) is 9.73 Å². The van der Waals surface area contributed by atoms with Crippen LogP contribution in [0.25, 0.3) is 0 Å².